The molecular weight excluding hydrogens is 673 g/mol. The van der Waals surface area contributed by atoms with Crippen molar-refractivity contribution in [1.29, 1.82) is 0 Å². The summed E-state index contributed by atoms with van der Waals surface area (Å²) >= 11 is 0. The maximum atomic E-state index is 13.0. The Hall–Kier alpha value is -4.95. The second-order valence-electron chi connectivity index (χ2n) is 8.80. The van der Waals surface area contributed by atoms with Crippen molar-refractivity contribution in [3.05, 3.63) is 66.4 Å². The van der Waals surface area contributed by atoms with Crippen molar-refractivity contribution >= 4 is 50.3 Å². The van der Waals surface area contributed by atoms with Crippen LogP contribution < -0.4 is 4.90 Å². The molecule has 2 heterocycles. The Kier molecular flexibility index (Phi) is 11.0. The van der Waals surface area contributed by atoms with Crippen LogP contribution in [0.1, 0.15) is 12.5 Å². The molecule has 250 valence electrons. The zero-order valence-electron chi connectivity index (χ0n) is 22.6. The highest BCUT2D eigenvalue weighted by Crippen LogP contribution is 2.33. The molecule has 1 atom stereocenters. The summed E-state index contributed by atoms with van der Waals surface area (Å²) in [6.07, 6.45) is -8.57. The van der Waals surface area contributed by atoms with Gasteiger partial charge in [0.15, 0.2) is 0 Å². The third-order valence-corrected chi connectivity index (χ3v) is 7.26. The maximum Gasteiger partial charge on any atom is 0.501 e. The number of aliphatic carboxylic acids is 2. The third kappa shape index (κ3) is 8.61. The summed E-state index contributed by atoms with van der Waals surface area (Å²) in [5.74, 6) is -6.08. The molecule has 0 saturated carbocycles. The summed E-state index contributed by atoms with van der Waals surface area (Å²) in [6, 6.07) is 11.1. The minimum absolute atomic E-state index is 0.0185. The van der Waals surface area contributed by atoms with Gasteiger partial charge in [-0.2, -0.15) is 39.5 Å². The van der Waals surface area contributed by atoms with Crippen LogP contribution in [-0.4, -0.2) is 76.3 Å². The molecule has 1 aliphatic rings. The van der Waals surface area contributed by atoms with Gasteiger partial charge in [-0.25, -0.2) is 27.7 Å². The number of carbonyl (C=O) groups excluding carboxylic acids is 2. The SMILES string of the molecule is C[C@@H]1C(=O)N(c2ccc(S(=O)(=O)C(F)(F)F)cc2)C(=O)N1Cc1ccnc2ccccc12.O=C(O)C(F)(F)F.O=C(O)C(F)(F)F. The highest BCUT2D eigenvalue weighted by Gasteiger charge is 2.47. The molecule has 0 spiro atoms. The standard InChI is InChI=1S/C21H16F3N3O4S.2C2HF3O2/c1-13-19(28)27(15-6-8-16(9-7-15)32(30,31)21(22,23)24)20(29)26(13)12-14-10-11-25-18-5-3-2-4-17(14)18;2*3-2(4,5)1(6)7/h2-11,13H,12H2,1H3;2*(H,6,7)/t13-;;/m1../s1. The van der Waals surface area contributed by atoms with Crippen molar-refractivity contribution in [3.8, 4) is 0 Å². The minimum Gasteiger partial charge on any atom is -0.475 e. The van der Waals surface area contributed by atoms with E-state index in [0.717, 1.165) is 45.6 Å². The summed E-state index contributed by atoms with van der Waals surface area (Å²) in [5, 5.41) is 15.1. The average molecular weight is 691 g/mol. The molecule has 4 rings (SSSR count). The van der Waals surface area contributed by atoms with Crippen molar-refractivity contribution in [2.45, 2.75) is 42.3 Å². The van der Waals surface area contributed by atoms with Crippen molar-refractivity contribution in [1.82, 2.24) is 9.88 Å². The quantitative estimate of drug-likeness (QED) is 0.278. The summed E-state index contributed by atoms with van der Waals surface area (Å²) in [4.78, 5) is 49.1. The molecule has 0 aliphatic carbocycles. The Morgan fingerprint density at radius 2 is 1.30 bits per heavy atom. The van der Waals surface area contributed by atoms with Crippen molar-refractivity contribution in [2.24, 2.45) is 0 Å². The van der Waals surface area contributed by atoms with Crippen LogP contribution >= 0.6 is 0 Å². The fraction of sp³-hybridized carbons (Fsp3) is 0.240. The lowest BCUT2D eigenvalue weighted by Gasteiger charge is -2.20. The number of aromatic nitrogens is 1. The summed E-state index contributed by atoms with van der Waals surface area (Å²) in [7, 11) is -5.53. The van der Waals surface area contributed by atoms with Gasteiger partial charge in [-0.15, -0.1) is 0 Å². The van der Waals surface area contributed by atoms with Crippen LogP contribution in [0.2, 0.25) is 0 Å². The van der Waals surface area contributed by atoms with Crippen LogP contribution in [0.3, 0.4) is 0 Å². The largest absolute Gasteiger partial charge is 0.501 e. The van der Waals surface area contributed by atoms with E-state index in [2.05, 4.69) is 4.98 Å². The molecule has 2 aromatic carbocycles. The summed E-state index contributed by atoms with van der Waals surface area (Å²) in [6.45, 7) is 1.66. The highest BCUT2D eigenvalue weighted by atomic mass is 32.2. The molecule has 3 amide bonds. The number of hydrogen-bond donors (Lipinski definition) is 2. The lowest BCUT2D eigenvalue weighted by Crippen LogP contribution is -2.33. The van der Waals surface area contributed by atoms with Crippen molar-refractivity contribution in [2.75, 3.05) is 4.90 Å². The Morgan fingerprint density at radius 3 is 1.76 bits per heavy atom. The molecule has 3 aromatic rings. The number of anilines is 1. The van der Waals surface area contributed by atoms with Gasteiger partial charge in [0, 0.05) is 18.1 Å². The second-order valence-corrected chi connectivity index (χ2v) is 10.7. The topological polar surface area (TPSA) is 162 Å². The Bertz CT molecular complexity index is 1700. The number of amides is 3. The Morgan fingerprint density at radius 1 is 0.826 bits per heavy atom. The lowest BCUT2D eigenvalue weighted by atomic mass is 10.1. The van der Waals surface area contributed by atoms with Crippen LogP contribution in [0.15, 0.2) is 65.7 Å². The molecule has 11 nitrogen and oxygen atoms in total. The Labute approximate surface area is 251 Å². The fourth-order valence-corrected chi connectivity index (χ4v) is 4.30. The normalized spacial score (nSPS) is 15.6. The number of nitrogens with zero attached hydrogens (tertiary/aromatic N) is 3. The summed E-state index contributed by atoms with van der Waals surface area (Å²) in [5.41, 5.74) is -3.96. The van der Waals surface area contributed by atoms with E-state index in [1.54, 1.807) is 19.2 Å². The number of imide groups is 1. The molecular formula is C25H18F9N3O8S. The third-order valence-electron chi connectivity index (χ3n) is 5.76. The molecule has 1 fully saturated rings. The number of carboxylic acid groups (broad SMARTS) is 2. The highest BCUT2D eigenvalue weighted by molar-refractivity contribution is 7.92. The van der Waals surface area contributed by atoms with E-state index >= 15 is 0 Å². The summed E-state index contributed by atoms with van der Waals surface area (Å²) < 4.78 is 125. The van der Waals surface area contributed by atoms with Crippen LogP contribution in [0, 0.1) is 0 Å². The number of carbonyl (C=O) groups is 4. The van der Waals surface area contributed by atoms with Crippen LogP contribution in [0.4, 0.5) is 50.0 Å². The first kappa shape index (κ1) is 37.2. The van der Waals surface area contributed by atoms with E-state index < -0.39 is 62.5 Å². The molecule has 2 N–H and O–H groups in total. The van der Waals surface area contributed by atoms with Gasteiger partial charge in [0.2, 0.25) is 0 Å². The van der Waals surface area contributed by atoms with Gasteiger partial charge in [0.1, 0.15) is 6.04 Å². The number of fused-ring (bicyclic) bond motifs is 1. The number of rotatable bonds is 4. The van der Waals surface area contributed by atoms with Gasteiger partial charge >= 0.3 is 35.8 Å². The predicted octanol–water partition coefficient (Wildman–Crippen LogP) is 5.15. The fourth-order valence-electron chi connectivity index (χ4n) is 3.54. The van der Waals surface area contributed by atoms with E-state index in [1.165, 1.54) is 4.90 Å². The number of alkyl halides is 9. The van der Waals surface area contributed by atoms with E-state index in [4.69, 9.17) is 19.8 Å². The van der Waals surface area contributed by atoms with Crippen LogP contribution in [-0.2, 0) is 30.8 Å². The molecule has 1 saturated heterocycles. The smallest absolute Gasteiger partial charge is 0.475 e. The predicted molar refractivity (Wildman–Crippen MR) is 137 cm³/mol. The number of halogens is 9. The first-order chi connectivity index (χ1) is 20.9. The zero-order chi connectivity index (χ0) is 35.4. The van der Waals surface area contributed by atoms with Crippen molar-refractivity contribution in [3.63, 3.8) is 0 Å². The van der Waals surface area contributed by atoms with Crippen LogP contribution in [0.5, 0.6) is 0 Å². The first-order valence-electron chi connectivity index (χ1n) is 11.9. The molecule has 1 aliphatic heterocycles. The average Bonchev–Trinajstić information content (AvgIpc) is 3.15. The number of hydrogen-bond acceptors (Lipinski definition) is 7. The molecule has 46 heavy (non-hydrogen) atoms. The number of sulfone groups is 1. The van der Waals surface area contributed by atoms with Gasteiger partial charge in [-0.3, -0.25) is 9.78 Å². The van der Waals surface area contributed by atoms with Gasteiger partial charge < -0.3 is 15.1 Å². The second kappa shape index (κ2) is 13.6. The first-order valence-corrected chi connectivity index (χ1v) is 13.4. The number of urea groups is 1. The maximum absolute atomic E-state index is 13.0. The zero-order valence-corrected chi connectivity index (χ0v) is 23.4. The molecule has 0 bridgehead atoms. The molecule has 0 unspecified atom stereocenters. The Balaban J connectivity index is 0.000000440. The molecule has 0 radical (unpaired) electrons. The monoisotopic (exact) mass is 691 g/mol. The lowest BCUT2D eigenvalue weighted by molar-refractivity contribution is -0.193. The van der Waals surface area contributed by atoms with Gasteiger partial charge in [0.05, 0.1) is 16.1 Å². The van der Waals surface area contributed by atoms with Crippen molar-refractivity contribution < 1.29 is 77.3 Å². The minimum atomic E-state index is -5.53. The molecule has 1 aromatic heterocycles. The number of para-hydroxylation sites is 1. The number of carboxylic acids is 2. The van der Waals surface area contributed by atoms with E-state index in [0.29, 0.717) is 0 Å². The van der Waals surface area contributed by atoms with E-state index in [1.807, 2.05) is 24.3 Å². The number of benzene rings is 2. The van der Waals surface area contributed by atoms with Gasteiger partial charge in [0.25, 0.3) is 15.7 Å². The molecule has 21 heteroatoms. The van der Waals surface area contributed by atoms with Gasteiger partial charge in [-0.1, -0.05) is 18.2 Å². The van der Waals surface area contributed by atoms with E-state index in [-0.39, 0.29) is 12.2 Å². The number of pyridine rings is 1. The van der Waals surface area contributed by atoms with Crippen LogP contribution in [0.25, 0.3) is 10.9 Å². The van der Waals surface area contributed by atoms with Gasteiger partial charge in [-0.05, 0) is 48.9 Å². The van der Waals surface area contributed by atoms with E-state index in [9.17, 15) is 57.5 Å².